The van der Waals surface area contributed by atoms with Gasteiger partial charge in [-0.3, -0.25) is 4.79 Å². The molecular formula is C13H20N2O3S. The van der Waals surface area contributed by atoms with Gasteiger partial charge in [0, 0.05) is 17.3 Å². The first-order chi connectivity index (χ1) is 8.86. The molecule has 1 aromatic heterocycles. The molecule has 0 aliphatic heterocycles. The largest absolute Gasteiger partial charge is 0.464 e. The number of ether oxygens (including phenoxy) is 1. The Morgan fingerprint density at radius 2 is 2.00 bits per heavy atom. The van der Waals surface area contributed by atoms with E-state index < -0.39 is 5.97 Å². The van der Waals surface area contributed by atoms with Crippen LogP contribution in [0.5, 0.6) is 0 Å². The molecule has 1 heterocycles. The normalized spacial score (nSPS) is 10.9. The highest BCUT2D eigenvalue weighted by Gasteiger charge is 2.22. The number of carbonyl (C=O) groups is 2. The van der Waals surface area contributed by atoms with Crippen molar-refractivity contribution in [3.63, 3.8) is 0 Å². The predicted octanol–water partition coefficient (Wildman–Crippen LogP) is 2.32. The van der Waals surface area contributed by atoms with Crippen molar-refractivity contribution in [2.45, 2.75) is 40.3 Å². The maximum absolute atomic E-state index is 12.1. The summed E-state index contributed by atoms with van der Waals surface area (Å²) in [5.74, 6) is -0.416. The zero-order chi connectivity index (χ0) is 14.6. The summed E-state index contributed by atoms with van der Waals surface area (Å²) < 4.78 is 4.61. The average Bonchev–Trinajstić information content (AvgIpc) is 2.82. The van der Waals surface area contributed by atoms with Crippen molar-refractivity contribution in [2.75, 3.05) is 7.11 Å². The second kappa shape index (κ2) is 6.65. The number of aromatic nitrogens is 1. The fourth-order valence-electron chi connectivity index (χ4n) is 1.57. The molecule has 0 aromatic carbocycles. The van der Waals surface area contributed by atoms with Gasteiger partial charge in [-0.15, -0.1) is 11.3 Å². The quantitative estimate of drug-likeness (QED) is 0.779. The summed E-state index contributed by atoms with van der Waals surface area (Å²) in [5, 5.41) is 2.39. The highest BCUT2D eigenvalue weighted by Crippen LogP contribution is 2.16. The molecule has 0 spiro atoms. The Bertz CT molecular complexity index is 454. The molecule has 0 atom stereocenters. The SMILES string of the molecule is COC(=O)c1csc(CN(C(=O)C(C)C)C(C)C)n1. The van der Waals surface area contributed by atoms with Crippen LogP contribution in [0.4, 0.5) is 0 Å². The summed E-state index contributed by atoms with van der Waals surface area (Å²) in [7, 11) is 1.32. The number of methoxy groups -OCH3 is 1. The van der Waals surface area contributed by atoms with Gasteiger partial charge in [0.2, 0.25) is 5.91 Å². The first-order valence-corrected chi connectivity index (χ1v) is 7.08. The molecule has 0 fully saturated rings. The Morgan fingerprint density at radius 3 is 2.47 bits per heavy atom. The molecule has 0 bridgehead atoms. The van der Waals surface area contributed by atoms with Crippen molar-refractivity contribution in [3.8, 4) is 0 Å². The molecule has 19 heavy (non-hydrogen) atoms. The Hall–Kier alpha value is -1.43. The van der Waals surface area contributed by atoms with Gasteiger partial charge in [-0.25, -0.2) is 9.78 Å². The van der Waals surface area contributed by atoms with Crippen LogP contribution < -0.4 is 0 Å². The molecule has 0 unspecified atom stereocenters. The van der Waals surface area contributed by atoms with Crippen LogP contribution in [-0.4, -0.2) is 34.9 Å². The van der Waals surface area contributed by atoms with Crippen LogP contribution >= 0.6 is 11.3 Å². The van der Waals surface area contributed by atoms with Crippen LogP contribution in [0.25, 0.3) is 0 Å². The zero-order valence-corrected chi connectivity index (χ0v) is 12.8. The van der Waals surface area contributed by atoms with Crippen molar-refractivity contribution in [2.24, 2.45) is 5.92 Å². The number of hydrogen-bond acceptors (Lipinski definition) is 5. The van der Waals surface area contributed by atoms with Gasteiger partial charge < -0.3 is 9.64 Å². The van der Waals surface area contributed by atoms with Gasteiger partial charge in [0.25, 0.3) is 0 Å². The van der Waals surface area contributed by atoms with Gasteiger partial charge in [0.1, 0.15) is 5.01 Å². The molecule has 1 amide bonds. The van der Waals surface area contributed by atoms with Crippen LogP contribution in [0.2, 0.25) is 0 Å². The van der Waals surface area contributed by atoms with E-state index in [9.17, 15) is 9.59 Å². The van der Waals surface area contributed by atoms with Gasteiger partial charge in [-0.2, -0.15) is 0 Å². The second-order valence-corrected chi connectivity index (χ2v) is 5.78. The average molecular weight is 284 g/mol. The fraction of sp³-hybridized carbons (Fsp3) is 0.615. The molecule has 0 saturated heterocycles. The predicted molar refractivity (Wildman–Crippen MR) is 74.0 cm³/mol. The van der Waals surface area contributed by atoms with E-state index in [1.165, 1.54) is 18.4 Å². The number of thiazole rings is 1. The maximum atomic E-state index is 12.1. The van der Waals surface area contributed by atoms with Gasteiger partial charge in [0.05, 0.1) is 13.7 Å². The molecule has 0 aliphatic rings. The van der Waals surface area contributed by atoms with E-state index in [2.05, 4.69) is 9.72 Å². The fourth-order valence-corrected chi connectivity index (χ4v) is 2.34. The summed E-state index contributed by atoms with van der Waals surface area (Å²) in [6.07, 6.45) is 0. The van der Waals surface area contributed by atoms with E-state index in [4.69, 9.17) is 0 Å². The van der Waals surface area contributed by atoms with E-state index in [0.29, 0.717) is 12.2 Å². The third-order valence-corrected chi connectivity index (χ3v) is 3.49. The summed E-state index contributed by atoms with van der Waals surface area (Å²) in [4.78, 5) is 29.4. The second-order valence-electron chi connectivity index (χ2n) is 4.83. The van der Waals surface area contributed by atoms with Gasteiger partial charge in [0.15, 0.2) is 5.69 Å². The van der Waals surface area contributed by atoms with E-state index >= 15 is 0 Å². The summed E-state index contributed by atoms with van der Waals surface area (Å²) >= 11 is 1.36. The zero-order valence-electron chi connectivity index (χ0n) is 12.0. The molecule has 1 rings (SSSR count). The minimum Gasteiger partial charge on any atom is -0.464 e. The Morgan fingerprint density at radius 1 is 1.37 bits per heavy atom. The molecule has 0 saturated carbocycles. The number of esters is 1. The Labute approximate surface area is 117 Å². The van der Waals surface area contributed by atoms with E-state index in [-0.39, 0.29) is 17.9 Å². The number of hydrogen-bond donors (Lipinski definition) is 0. The van der Waals surface area contributed by atoms with Gasteiger partial charge in [-0.1, -0.05) is 13.8 Å². The number of amides is 1. The molecule has 0 aliphatic carbocycles. The van der Waals surface area contributed by atoms with Crippen molar-refractivity contribution in [1.82, 2.24) is 9.88 Å². The lowest BCUT2D eigenvalue weighted by molar-refractivity contribution is -0.136. The Kier molecular flexibility index (Phi) is 5.47. The van der Waals surface area contributed by atoms with E-state index in [0.717, 1.165) is 5.01 Å². The summed E-state index contributed by atoms with van der Waals surface area (Å²) in [6, 6.07) is 0.0976. The molecule has 6 heteroatoms. The topological polar surface area (TPSA) is 59.5 Å². The number of rotatable bonds is 5. The Balaban J connectivity index is 2.83. The lowest BCUT2D eigenvalue weighted by atomic mass is 10.1. The minimum absolute atomic E-state index is 0.0533. The van der Waals surface area contributed by atoms with E-state index in [1.54, 1.807) is 10.3 Å². The molecule has 0 radical (unpaired) electrons. The van der Waals surface area contributed by atoms with Crippen LogP contribution in [0.3, 0.4) is 0 Å². The summed E-state index contributed by atoms with van der Waals surface area (Å²) in [6.45, 7) is 8.11. The van der Waals surface area contributed by atoms with Crippen molar-refractivity contribution in [1.29, 1.82) is 0 Å². The summed E-state index contributed by atoms with van der Waals surface area (Å²) in [5.41, 5.74) is 0.295. The lowest BCUT2D eigenvalue weighted by Gasteiger charge is -2.27. The first kappa shape index (κ1) is 15.6. The molecule has 1 aromatic rings. The maximum Gasteiger partial charge on any atom is 0.357 e. The van der Waals surface area contributed by atoms with Crippen molar-refractivity contribution in [3.05, 3.63) is 16.1 Å². The third kappa shape index (κ3) is 4.02. The molecule has 0 N–H and O–H groups in total. The highest BCUT2D eigenvalue weighted by atomic mass is 32.1. The highest BCUT2D eigenvalue weighted by molar-refractivity contribution is 7.09. The molecular weight excluding hydrogens is 264 g/mol. The minimum atomic E-state index is -0.450. The first-order valence-electron chi connectivity index (χ1n) is 6.20. The van der Waals surface area contributed by atoms with Gasteiger partial charge in [-0.05, 0) is 13.8 Å². The monoisotopic (exact) mass is 284 g/mol. The van der Waals surface area contributed by atoms with Crippen LogP contribution in [-0.2, 0) is 16.1 Å². The number of carbonyl (C=O) groups excluding carboxylic acids is 2. The van der Waals surface area contributed by atoms with Gasteiger partial charge >= 0.3 is 5.97 Å². The number of nitrogens with zero attached hydrogens (tertiary/aromatic N) is 2. The smallest absolute Gasteiger partial charge is 0.357 e. The van der Waals surface area contributed by atoms with Crippen LogP contribution in [0.1, 0.15) is 43.2 Å². The molecule has 106 valence electrons. The van der Waals surface area contributed by atoms with E-state index in [1.807, 2.05) is 27.7 Å². The van der Waals surface area contributed by atoms with Crippen LogP contribution in [0.15, 0.2) is 5.38 Å². The third-order valence-electron chi connectivity index (χ3n) is 2.65. The van der Waals surface area contributed by atoms with Crippen molar-refractivity contribution < 1.29 is 14.3 Å². The lowest BCUT2D eigenvalue weighted by Crippen LogP contribution is -2.38. The van der Waals surface area contributed by atoms with Crippen LogP contribution in [0, 0.1) is 5.92 Å². The molecule has 5 nitrogen and oxygen atoms in total. The standard InChI is InChI=1S/C13H20N2O3S/c1-8(2)12(16)15(9(3)4)6-11-14-10(7-19-11)13(17)18-5/h7-9H,6H2,1-5H3. The van der Waals surface area contributed by atoms with Crippen molar-refractivity contribution >= 4 is 23.2 Å².